The molecule has 0 rings (SSSR count). The maximum atomic E-state index is 11.0. The Labute approximate surface area is 92.2 Å². The number of hydrogen-bond acceptors (Lipinski definition) is 7. The topological polar surface area (TPSA) is 127 Å². The molecule has 0 radical (unpaired) electrons. The summed E-state index contributed by atoms with van der Waals surface area (Å²) in [6.07, 6.45) is -6.19. The molecule has 0 fully saturated rings. The number of ether oxygens (including phenoxy) is 1. The van der Waals surface area contributed by atoms with Crippen molar-refractivity contribution in [2.75, 3.05) is 13.2 Å². The average Bonchev–Trinajstić information content (AvgIpc) is 2.31. The average molecular weight is 236 g/mol. The van der Waals surface area contributed by atoms with Crippen molar-refractivity contribution < 1.29 is 35.1 Å². The molecule has 0 saturated heterocycles. The Hall–Kier alpha value is -0.990. The molecule has 7 nitrogen and oxygen atoms in total. The second-order valence-corrected chi connectivity index (χ2v) is 3.09. The molecule has 0 aromatic rings. The van der Waals surface area contributed by atoms with Gasteiger partial charge in [0.1, 0.15) is 24.9 Å². The minimum Gasteiger partial charge on any atom is -0.459 e. The van der Waals surface area contributed by atoms with Crippen LogP contribution in [0.5, 0.6) is 0 Å². The van der Waals surface area contributed by atoms with E-state index in [-0.39, 0.29) is 6.61 Å². The molecule has 0 aliphatic heterocycles. The van der Waals surface area contributed by atoms with E-state index >= 15 is 0 Å². The molecule has 4 atom stereocenters. The number of aliphatic hydroxyl groups excluding tert-OH is 5. The zero-order chi connectivity index (χ0) is 12.7. The van der Waals surface area contributed by atoms with Gasteiger partial charge in [0, 0.05) is 0 Å². The minimum atomic E-state index is -2.00. The number of esters is 1. The molecule has 5 N–H and O–H groups in total. The Bertz CT molecular complexity index is 230. The van der Waals surface area contributed by atoms with Gasteiger partial charge in [-0.05, 0) is 0 Å². The smallest absolute Gasteiger partial charge is 0.338 e. The molecule has 0 aliphatic rings. The van der Waals surface area contributed by atoms with Crippen LogP contribution < -0.4 is 0 Å². The van der Waals surface area contributed by atoms with Gasteiger partial charge in [-0.1, -0.05) is 12.7 Å². The number of hydrogen-bond donors (Lipinski definition) is 5. The van der Waals surface area contributed by atoms with Gasteiger partial charge in [0.15, 0.2) is 6.10 Å². The first-order valence-corrected chi connectivity index (χ1v) is 4.56. The number of carbonyl (C=O) groups is 1. The molecule has 7 heteroatoms. The van der Waals surface area contributed by atoms with Crippen molar-refractivity contribution in [3.63, 3.8) is 0 Å². The van der Waals surface area contributed by atoms with E-state index in [2.05, 4.69) is 11.3 Å². The second-order valence-electron chi connectivity index (χ2n) is 3.09. The lowest BCUT2D eigenvalue weighted by molar-refractivity contribution is -0.169. The minimum absolute atomic E-state index is 0.152. The van der Waals surface area contributed by atoms with E-state index in [1.165, 1.54) is 6.08 Å². The lowest BCUT2D eigenvalue weighted by atomic mass is 10.0. The zero-order valence-corrected chi connectivity index (χ0v) is 8.56. The quantitative estimate of drug-likeness (QED) is 0.238. The van der Waals surface area contributed by atoms with Crippen molar-refractivity contribution in [1.82, 2.24) is 0 Å². The molecule has 0 unspecified atom stereocenters. The lowest BCUT2D eigenvalue weighted by Crippen LogP contribution is -2.49. The van der Waals surface area contributed by atoms with Gasteiger partial charge in [-0.2, -0.15) is 0 Å². The Kier molecular flexibility index (Phi) is 6.86. The van der Waals surface area contributed by atoms with E-state index in [9.17, 15) is 20.1 Å². The maximum Gasteiger partial charge on any atom is 0.338 e. The van der Waals surface area contributed by atoms with E-state index in [1.807, 2.05) is 0 Å². The van der Waals surface area contributed by atoms with Crippen molar-refractivity contribution in [2.45, 2.75) is 24.4 Å². The molecular formula is C9H16O7. The van der Waals surface area contributed by atoms with Crippen LogP contribution in [0, 0.1) is 0 Å². The molecule has 0 saturated carbocycles. The van der Waals surface area contributed by atoms with Crippen molar-refractivity contribution in [3.05, 3.63) is 12.7 Å². The van der Waals surface area contributed by atoms with Crippen LogP contribution >= 0.6 is 0 Å². The van der Waals surface area contributed by atoms with Crippen LogP contribution in [-0.4, -0.2) is 69.1 Å². The molecular weight excluding hydrogens is 220 g/mol. The first-order valence-electron chi connectivity index (χ1n) is 4.56. The predicted octanol–water partition coefficient (Wildman–Crippen LogP) is -2.85. The zero-order valence-electron chi connectivity index (χ0n) is 8.56. The number of carbonyl (C=O) groups excluding carboxylic acids is 1. The summed E-state index contributed by atoms with van der Waals surface area (Å²) in [5.41, 5.74) is 0. The van der Waals surface area contributed by atoms with E-state index in [1.54, 1.807) is 0 Å². The molecule has 0 aromatic carbocycles. The molecule has 0 aliphatic carbocycles. The Balaban J connectivity index is 4.30. The van der Waals surface area contributed by atoms with Gasteiger partial charge < -0.3 is 30.3 Å². The second kappa shape index (κ2) is 7.31. The summed E-state index contributed by atoms with van der Waals surface area (Å²) in [4.78, 5) is 11.0. The summed E-state index contributed by atoms with van der Waals surface area (Å²) in [5.74, 6) is -1.16. The molecule has 16 heavy (non-hydrogen) atoms. The van der Waals surface area contributed by atoms with Gasteiger partial charge >= 0.3 is 5.97 Å². The summed E-state index contributed by atoms with van der Waals surface area (Å²) >= 11 is 0. The monoisotopic (exact) mass is 236 g/mol. The van der Waals surface area contributed by atoms with Crippen LogP contribution in [0.25, 0.3) is 0 Å². The van der Waals surface area contributed by atoms with Gasteiger partial charge in [-0.25, -0.2) is 4.79 Å². The Morgan fingerprint density at radius 3 is 2.25 bits per heavy atom. The van der Waals surface area contributed by atoms with Gasteiger partial charge in [0.05, 0.1) is 6.61 Å². The lowest BCUT2D eigenvalue weighted by Gasteiger charge is -2.24. The van der Waals surface area contributed by atoms with Crippen LogP contribution in [0.2, 0.25) is 0 Å². The summed E-state index contributed by atoms with van der Waals surface area (Å²) in [5, 5.41) is 45.1. The van der Waals surface area contributed by atoms with Crippen molar-refractivity contribution >= 4 is 5.97 Å². The van der Waals surface area contributed by atoms with Crippen LogP contribution in [0.4, 0.5) is 0 Å². The third-order valence-electron chi connectivity index (χ3n) is 1.84. The maximum absolute atomic E-state index is 11.0. The fraction of sp³-hybridized carbons (Fsp3) is 0.667. The van der Waals surface area contributed by atoms with Gasteiger partial charge in [-0.3, -0.25) is 0 Å². The highest BCUT2D eigenvalue weighted by Crippen LogP contribution is 2.06. The van der Waals surface area contributed by atoms with Gasteiger partial charge in [0.25, 0.3) is 0 Å². The predicted molar refractivity (Wildman–Crippen MR) is 52.3 cm³/mol. The number of rotatable bonds is 7. The molecule has 94 valence electrons. The van der Waals surface area contributed by atoms with Crippen molar-refractivity contribution in [1.29, 1.82) is 0 Å². The molecule has 0 amide bonds. The SMILES string of the molecule is C=CCOC(=O)[C@@H](O)[C@@H](O)[C@H](O)[C@H](O)CO. The molecule has 0 aromatic heterocycles. The van der Waals surface area contributed by atoms with Crippen LogP contribution in [0.1, 0.15) is 0 Å². The first-order chi connectivity index (χ1) is 7.45. The number of aliphatic hydroxyl groups is 5. The summed E-state index contributed by atoms with van der Waals surface area (Å²) < 4.78 is 4.42. The van der Waals surface area contributed by atoms with Crippen LogP contribution in [0.15, 0.2) is 12.7 Å². The standard InChI is InChI=1S/C9H16O7/c1-2-3-16-9(15)8(14)7(13)6(12)5(11)4-10/h2,5-8,10-14H,1,3-4H2/t5-,6-,7+,8+/m1/s1. The van der Waals surface area contributed by atoms with Crippen LogP contribution in [0.3, 0.4) is 0 Å². The summed E-state index contributed by atoms with van der Waals surface area (Å²) in [6.45, 7) is 2.31. The highest BCUT2D eigenvalue weighted by atomic mass is 16.5. The largest absolute Gasteiger partial charge is 0.459 e. The third kappa shape index (κ3) is 4.25. The highest BCUT2D eigenvalue weighted by molar-refractivity contribution is 5.75. The molecule has 0 heterocycles. The summed E-state index contributed by atoms with van der Waals surface area (Å²) in [6, 6.07) is 0. The molecule has 0 bridgehead atoms. The fourth-order valence-electron chi connectivity index (χ4n) is 0.888. The van der Waals surface area contributed by atoms with Gasteiger partial charge in [0.2, 0.25) is 0 Å². The Morgan fingerprint density at radius 2 is 1.81 bits per heavy atom. The highest BCUT2D eigenvalue weighted by Gasteiger charge is 2.34. The first kappa shape index (κ1) is 15.0. The summed E-state index contributed by atoms with van der Waals surface area (Å²) in [7, 11) is 0. The van der Waals surface area contributed by atoms with E-state index in [0.29, 0.717) is 0 Å². The Morgan fingerprint density at radius 1 is 1.25 bits per heavy atom. The normalized spacial score (nSPS) is 18.3. The van der Waals surface area contributed by atoms with E-state index < -0.39 is 37.0 Å². The van der Waals surface area contributed by atoms with Crippen LogP contribution in [-0.2, 0) is 9.53 Å². The van der Waals surface area contributed by atoms with Crippen molar-refractivity contribution in [2.24, 2.45) is 0 Å². The molecule has 0 spiro atoms. The van der Waals surface area contributed by atoms with E-state index in [4.69, 9.17) is 10.2 Å². The fourth-order valence-corrected chi connectivity index (χ4v) is 0.888. The third-order valence-corrected chi connectivity index (χ3v) is 1.84. The van der Waals surface area contributed by atoms with E-state index in [0.717, 1.165) is 0 Å². The van der Waals surface area contributed by atoms with Crippen molar-refractivity contribution in [3.8, 4) is 0 Å². The van der Waals surface area contributed by atoms with Gasteiger partial charge in [-0.15, -0.1) is 0 Å².